The van der Waals surface area contributed by atoms with Gasteiger partial charge in [-0.2, -0.15) is 4.31 Å². The second kappa shape index (κ2) is 5.27. The highest BCUT2D eigenvalue weighted by molar-refractivity contribution is 9.11. The summed E-state index contributed by atoms with van der Waals surface area (Å²) in [4.78, 5) is 0. The third kappa shape index (κ3) is 2.73. The molecule has 1 aromatic heterocycles. The zero-order valence-electron chi connectivity index (χ0n) is 10.1. The molecule has 3 rings (SSSR count). The van der Waals surface area contributed by atoms with E-state index in [2.05, 4.69) is 21.2 Å². The molecule has 1 N–H and O–H groups in total. The van der Waals surface area contributed by atoms with Gasteiger partial charge in [0.1, 0.15) is 4.21 Å². The first-order chi connectivity index (χ1) is 8.96. The van der Waals surface area contributed by atoms with Crippen LogP contribution in [-0.4, -0.2) is 37.9 Å². The lowest BCUT2D eigenvalue weighted by molar-refractivity contribution is 0.384. The van der Waals surface area contributed by atoms with Crippen LogP contribution in [0, 0.1) is 0 Å². The molecule has 0 spiro atoms. The lowest BCUT2D eigenvalue weighted by atomic mass is 10.1. The quantitative estimate of drug-likeness (QED) is 0.851. The van der Waals surface area contributed by atoms with Gasteiger partial charge in [0, 0.05) is 25.2 Å². The summed E-state index contributed by atoms with van der Waals surface area (Å²) < 4.78 is 27.8. The lowest BCUT2D eigenvalue weighted by Crippen LogP contribution is -2.38. The maximum atomic E-state index is 12.6. The van der Waals surface area contributed by atoms with Crippen molar-refractivity contribution >= 4 is 48.9 Å². The smallest absolute Gasteiger partial charge is 0.252 e. The Hall–Kier alpha value is 0.340. The number of fused-ring (bicyclic) bond motifs is 2. The predicted molar refractivity (Wildman–Crippen MR) is 80.4 cm³/mol. The first kappa shape index (κ1) is 14.3. The van der Waals surface area contributed by atoms with E-state index >= 15 is 0 Å². The fourth-order valence-corrected chi connectivity index (χ4v) is 6.76. The molecule has 19 heavy (non-hydrogen) atoms. The molecule has 0 saturated carbocycles. The maximum Gasteiger partial charge on any atom is 0.252 e. The van der Waals surface area contributed by atoms with Crippen LogP contribution in [-0.2, 0) is 10.0 Å². The topological polar surface area (TPSA) is 49.4 Å². The van der Waals surface area contributed by atoms with Gasteiger partial charge in [0.15, 0.2) is 0 Å². The molecule has 4 nitrogen and oxygen atoms in total. The Morgan fingerprint density at radius 1 is 1.37 bits per heavy atom. The summed E-state index contributed by atoms with van der Waals surface area (Å²) in [5.41, 5.74) is 0. The zero-order valence-corrected chi connectivity index (χ0v) is 14.1. The van der Waals surface area contributed by atoms with Crippen molar-refractivity contribution in [1.29, 1.82) is 0 Å². The Morgan fingerprint density at radius 3 is 2.79 bits per heavy atom. The van der Waals surface area contributed by atoms with E-state index in [9.17, 15) is 8.42 Å². The van der Waals surface area contributed by atoms with Crippen molar-refractivity contribution in [1.82, 2.24) is 9.62 Å². The Kier molecular flexibility index (Phi) is 3.96. The molecule has 2 aliphatic rings. The highest BCUT2D eigenvalue weighted by Gasteiger charge is 2.35. The molecule has 2 bridgehead atoms. The SMILES string of the molecule is O=S(=O)(c1cc(Cl)c(Br)s1)N1CCC2CCC(C1)N2. The van der Waals surface area contributed by atoms with Gasteiger partial charge in [-0.25, -0.2) is 8.42 Å². The van der Waals surface area contributed by atoms with Gasteiger partial charge in [-0.1, -0.05) is 11.6 Å². The average Bonchev–Trinajstić information content (AvgIpc) is 2.83. The van der Waals surface area contributed by atoms with Gasteiger partial charge in [-0.3, -0.25) is 0 Å². The van der Waals surface area contributed by atoms with Gasteiger partial charge in [-0.05, 0) is 41.3 Å². The molecule has 2 saturated heterocycles. The molecule has 8 heteroatoms. The number of thiophene rings is 1. The molecule has 2 fully saturated rings. The first-order valence-corrected chi connectivity index (χ1v) is 9.60. The molecule has 2 aliphatic heterocycles. The van der Waals surface area contributed by atoms with Crippen molar-refractivity contribution < 1.29 is 8.42 Å². The average molecular weight is 386 g/mol. The number of nitrogens with zero attached hydrogens (tertiary/aromatic N) is 1. The van der Waals surface area contributed by atoms with Crippen LogP contribution in [0.4, 0.5) is 0 Å². The van der Waals surface area contributed by atoms with Crippen LogP contribution in [0.2, 0.25) is 5.02 Å². The van der Waals surface area contributed by atoms with Crippen LogP contribution in [0.15, 0.2) is 14.1 Å². The number of sulfonamides is 1. The molecule has 2 unspecified atom stereocenters. The number of rotatable bonds is 2. The van der Waals surface area contributed by atoms with Crippen molar-refractivity contribution in [2.24, 2.45) is 0 Å². The summed E-state index contributed by atoms with van der Waals surface area (Å²) >= 11 is 10.4. The molecule has 0 aliphatic carbocycles. The van der Waals surface area contributed by atoms with Gasteiger partial charge in [0.05, 0.1) is 8.81 Å². The lowest BCUT2D eigenvalue weighted by Gasteiger charge is -2.22. The molecule has 0 radical (unpaired) electrons. The fourth-order valence-electron chi connectivity index (χ4n) is 2.71. The Bertz CT molecular complexity index is 570. The van der Waals surface area contributed by atoms with E-state index in [1.807, 2.05) is 0 Å². The van der Waals surface area contributed by atoms with Crippen LogP contribution in [0.3, 0.4) is 0 Å². The minimum Gasteiger partial charge on any atom is -0.310 e. The second-order valence-electron chi connectivity index (χ2n) is 4.98. The summed E-state index contributed by atoms with van der Waals surface area (Å²) in [5, 5.41) is 3.94. The molecule has 106 valence electrons. The van der Waals surface area contributed by atoms with Crippen LogP contribution >= 0.6 is 38.9 Å². The van der Waals surface area contributed by atoms with Crippen LogP contribution in [0.1, 0.15) is 19.3 Å². The first-order valence-electron chi connectivity index (χ1n) is 6.18. The van der Waals surface area contributed by atoms with E-state index in [4.69, 9.17) is 11.6 Å². The fraction of sp³-hybridized carbons (Fsp3) is 0.636. The van der Waals surface area contributed by atoms with Gasteiger partial charge >= 0.3 is 0 Å². The van der Waals surface area contributed by atoms with E-state index < -0.39 is 10.0 Å². The van der Waals surface area contributed by atoms with Crippen molar-refractivity contribution in [2.75, 3.05) is 13.1 Å². The van der Waals surface area contributed by atoms with E-state index in [1.165, 1.54) is 17.4 Å². The second-order valence-corrected chi connectivity index (χ2v) is 9.92. The molecule has 0 aromatic carbocycles. The van der Waals surface area contributed by atoms with Crippen LogP contribution < -0.4 is 5.32 Å². The maximum absolute atomic E-state index is 12.6. The van der Waals surface area contributed by atoms with Crippen molar-refractivity contribution in [3.8, 4) is 0 Å². The highest BCUT2D eigenvalue weighted by atomic mass is 79.9. The van der Waals surface area contributed by atoms with Gasteiger partial charge in [-0.15, -0.1) is 11.3 Å². The third-order valence-electron chi connectivity index (χ3n) is 3.70. The molecule has 0 amide bonds. The van der Waals surface area contributed by atoms with Crippen molar-refractivity contribution in [2.45, 2.75) is 35.6 Å². The van der Waals surface area contributed by atoms with Gasteiger partial charge < -0.3 is 5.32 Å². The summed E-state index contributed by atoms with van der Waals surface area (Å²) in [6.45, 7) is 1.15. The van der Waals surface area contributed by atoms with E-state index in [-0.39, 0.29) is 0 Å². The van der Waals surface area contributed by atoms with Crippen LogP contribution in [0.25, 0.3) is 0 Å². The minimum atomic E-state index is -3.41. The number of nitrogens with one attached hydrogen (secondary N) is 1. The van der Waals surface area contributed by atoms with E-state index in [0.717, 1.165) is 19.3 Å². The predicted octanol–water partition coefficient (Wildman–Crippen LogP) is 2.68. The third-order valence-corrected chi connectivity index (χ3v) is 8.49. The van der Waals surface area contributed by atoms with E-state index in [0.29, 0.717) is 38.2 Å². The van der Waals surface area contributed by atoms with Crippen molar-refractivity contribution in [3.05, 3.63) is 14.9 Å². The highest BCUT2D eigenvalue weighted by Crippen LogP contribution is 2.36. The molecule has 3 heterocycles. The monoisotopic (exact) mass is 384 g/mol. The van der Waals surface area contributed by atoms with Crippen molar-refractivity contribution in [3.63, 3.8) is 0 Å². The van der Waals surface area contributed by atoms with Gasteiger partial charge in [0.2, 0.25) is 0 Å². The minimum absolute atomic E-state index is 0.293. The van der Waals surface area contributed by atoms with Gasteiger partial charge in [0.25, 0.3) is 10.0 Å². The number of hydrogen-bond donors (Lipinski definition) is 1. The Balaban J connectivity index is 1.87. The molecular formula is C11H14BrClN2O2S2. The number of halogens is 2. The summed E-state index contributed by atoms with van der Waals surface area (Å²) in [6, 6.07) is 2.30. The molecule has 2 atom stereocenters. The molecule has 1 aromatic rings. The Morgan fingerprint density at radius 2 is 2.11 bits per heavy atom. The summed E-state index contributed by atoms with van der Waals surface area (Å²) in [6.07, 6.45) is 3.11. The standard InChI is InChI=1S/C11H14BrClN2O2S2/c12-11-9(13)5-10(18-11)19(16,17)15-4-3-7-1-2-8(6-15)14-7/h5,7-8,14H,1-4,6H2. The zero-order chi connectivity index (χ0) is 13.6. The normalized spacial score (nSPS) is 28.5. The van der Waals surface area contributed by atoms with Crippen LogP contribution in [0.5, 0.6) is 0 Å². The van der Waals surface area contributed by atoms with E-state index in [1.54, 1.807) is 4.31 Å². The summed E-state index contributed by atoms with van der Waals surface area (Å²) in [5.74, 6) is 0. The number of hydrogen-bond acceptors (Lipinski definition) is 4. The molecular weight excluding hydrogens is 372 g/mol. The Labute approximate surface area is 130 Å². The largest absolute Gasteiger partial charge is 0.310 e. The summed E-state index contributed by atoms with van der Waals surface area (Å²) in [7, 11) is -3.41.